The van der Waals surface area contributed by atoms with Gasteiger partial charge in [0.25, 0.3) is 0 Å². The van der Waals surface area contributed by atoms with Crippen LogP contribution in [0.4, 0.5) is 5.69 Å². The van der Waals surface area contributed by atoms with Gasteiger partial charge in [-0.3, -0.25) is 9.48 Å². The van der Waals surface area contributed by atoms with Gasteiger partial charge in [-0.1, -0.05) is 0 Å². The van der Waals surface area contributed by atoms with Crippen molar-refractivity contribution >= 4 is 22.9 Å². The highest BCUT2D eigenvalue weighted by Crippen LogP contribution is 2.14. The minimum absolute atomic E-state index is 0.430. The molecule has 0 saturated heterocycles. The predicted octanol–water partition coefficient (Wildman–Crippen LogP) is 2.47. The van der Waals surface area contributed by atoms with E-state index in [-0.39, 0.29) is 0 Å². The van der Waals surface area contributed by atoms with E-state index < -0.39 is 5.91 Å². The highest BCUT2D eigenvalue weighted by Gasteiger charge is 2.07. The molecule has 6 nitrogen and oxygen atoms in total. The first-order valence-corrected chi connectivity index (χ1v) is 8.90. The molecule has 3 aromatic rings. The third-order valence-electron chi connectivity index (χ3n) is 4.31. The molecule has 1 amide bonds. The summed E-state index contributed by atoms with van der Waals surface area (Å²) in [6, 6.07) is 7.02. The van der Waals surface area contributed by atoms with E-state index in [0.717, 1.165) is 23.5 Å². The van der Waals surface area contributed by atoms with Gasteiger partial charge in [0.2, 0.25) is 5.91 Å². The highest BCUT2D eigenvalue weighted by molar-refractivity contribution is 7.07. The summed E-state index contributed by atoms with van der Waals surface area (Å²) in [7, 11) is 1.96. The Labute approximate surface area is 150 Å². The summed E-state index contributed by atoms with van der Waals surface area (Å²) in [5.41, 5.74) is 10.2. The molecule has 2 N–H and O–H groups in total. The van der Waals surface area contributed by atoms with Crippen molar-refractivity contribution in [3.05, 3.63) is 63.2 Å². The fraction of sp³-hybridized carbons (Fsp3) is 0.278. The number of primary amides is 1. The lowest BCUT2D eigenvalue weighted by atomic mass is 10.2. The van der Waals surface area contributed by atoms with Gasteiger partial charge in [-0.25, -0.2) is 4.99 Å². The molecule has 0 saturated carbocycles. The Bertz CT molecular complexity index is 962. The number of aryl methyl sites for hydroxylation is 3. The monoisotopic (exact) mass is 355 g/mol. The van der Waals surface area contributed by atoms with Crippen LogP contribution in [0.25, 0.3) is 0 Å². The van der Waals surface area contributed by atoms with E-state index >= 15 is 0 Å². The molecule has 0 aliphatic heterocycles. The van der Waals surface area contributed by atoms with Crippen molar-refractivity contribution in [2.45, 2.75) is 26.8 Å². The second-order valence-corrected chi connectivity index (χ2v) is 6.80. The second kappa shape index (κ2) is 7.06. The van der Waals surface area contributed by atoms with Crippen molar-refractivity contribution in [2.24, 2.45) is 17.8 Å². The molecule has 0 unspecified atom stereocenters. The van der Waals surface area contributed by atoms with E-state index in [1.165, 1.54) is 17.0 Å². The number of carbonyl (C=O) groups is 1. The van der Waals surface area contributed by atoms with Crippen molar-refractivity contribution in [1.29, 1.82) is 0 Å². The molecular weight excluding hydrogens is 334 g/mol. The number of aromatic nitrogens is 3. The van der Waals surface area contributed by atoms with Crippen LogP contribution in [0, 0.1) is 13.8 Å². The lowest BCUT2D eigenvalue weighted by Gasteiger charge is -2.06. The lowest BCUT2D eigenvalue weighted by molar-refractivity contribution is 0.100. The van der Waals surface area contributed by atoms with Crippen LogP contribution in [0.2, 0.25) is 0 Å². The molecule has 2 heterocycles. The first-order valence-electron chi connectivity index (χ1n) is 8.02. The molecule has 0 spiro atoms. The minimum Gasteiger partial charge on any atom is -0.366 e. The number of hydrogen-bond acceptors (Lipinski definition) is 4. The predicted molar refractivity (Wildman–Crippen MR) is 98.9 cm³/mol. The Balaban J connectivity index is 1.85. The first-order chi connectivity index (χ1) is 12.0. The zero-order valence-corrected chi connectivity index (χ0v) is 15.4. The summed E-state index contributed by atoms with van der Waals surface area (Å²) in [5.74, 6) is -0.430. The fourth-order valence-electron chi connectivity index (χ4n) is 2.61. The Morgan fingerprint density at radius 3 is 2.60 bits per heavy atom. The third-order valence-corrected chi connectivity index (χ3v) is 5.29. The van der Waals surface area contributed by atoms with Crippen LogP contribution in [0.5, 0.6) is 0 Å². The molecule has 0 aliphatic rings. The van der Waals surface area contributed by atoms with Crippen LogP contribution < -0.4 is 10.5 Å². The summed E-state index contributed by atoms with van der Waals surface area (Å²) >= 11 is 1.61. The molecule has 0 fully saturated rings. The molecule has 3 rings (SSSR count). The zero-order chi connectivity index (χ0) is 18.0. The van der Waals surface area contributed by atoms with Gasteiger partial charge in [-0.05, 0) is 50.1 Å². The summed E-state index contributed by atoms with van der Waals surface area (Å²) in [5, 5.41) is 6.40. The average molecular weight is 355 g/mol. The average Bonchev–Trinajstić information content (AvgIpc) is 3.10. The van der Waals surface area contributed by atoms with Gasteiger partial charge < -0.3 is 10.3 Å². The maximum absolute atomic E-state index is 11.2. The normalized spacial score (nSPS) is 11.9. The van der Waals surface area contributed by atoms with Crippen molar-refractivity contribution in [3.8, 4) is 0 Å². The maximum atomic E-state index is 11.2. The summed E-state index contributed by atoms with van der Waals surface area (Å²) in [6.45, 7) is 5.01. The number of hydrogen-bond donors (Lipinski definition) is 1. The number of amides is 1. The molecular formula is C18H21N5OS. The van der Waals surface area contributed by atoms with E-state index in [2.05, 4.69) is 28.9 Å². The van der Waals surface area contributed by atoms with Crippen LogP contribution in [-0.2, 0) is 20.0 Å². The molecule has 0 aliphatic carbocycles. The smallest absolute Gasteiger partial charge is 0.248 e. The van der Waals surface area contributed by atoms with Crippen LogP contribution in [-0.4, -0.2) is 20.3 Å². The number of thiazole rings is 1. The molecule has 2 aromatic heterocycles. The number of benzene rings is 1. The van der Waals surface area contributed by atoms with E-state index in [9.17, 15) is 4.79 Å². The van der Waals surface area contributed by atoms with Crippen LogP contribution in [0.1, 0.15) is 27.3 Å². The maximum Gasteiger partial charge on any atom is 0.248 e. The summed E-state index contributed by atoms with van der Waals surface area (Å²) < 4.78 is 4.10. The van der Waals surface area contributed by atoms with Crippen molar-refractivity contribution in [3.63, 3.8) is 0 Å². The van der Waals surface area contributed by atoms with E-state index in [4.69, 9.17) is 10.7 Å². The molecule has 0 radical (unpaired) electrons. The van der Waals surface area contributed by atoms with Gasteiger partial charge in [0.15, 0.2) is 4.80 Å². The first kappa shape index (κ1) is 17.2. The Morgan fingerprint density at radius 1 is 1.28 bits per heavy atom. The summed E-state index contributed by atoms with van der Waals surface area (Å²) in [4.78, 5) is 16.8. The van der Waals surface area contributed by atoms with Gasteiger partial charge in [0.1, 0.15) is 0 Å². The van der Waals surface area contributed by atoms with Gasteiger partial charge in [0.05, 0.1) is 11.9 Å². The molecule has 1 aromatic carbocycles. The van der Waals surface area contributed by atoms with Gasteiger partial charge in [-0.2, -0.15) is 5.10 Å². The molecule has 130 valence electrons. The Hall–Kier alpha value is -2.67. The van der Waals surface area contributed by atoms with Crippen molar-refractivity contribution < 1.29 is 4.79 Å². The fourth-order valence-corrected chi connectivity index (χ4v) is 3.53. The van der Waals surface area contributed by atoms with Gasteiger partial charge >= 0.3 is 0 Å². The van der Waals surface area contributed by atoms with Crippen LogP contribution in [0.15, 0.2) is 40.8 Å². The van der Waals surface area contributed by atoms with Gasteiger partial charge in [-0.15, -0.1) is 11.3 Å². The van der Waals surface area contributed by atoms with E-state index in [0.29, 0.717) is 5.56 Å². The number of nitrogens with two attached hydrogens (primary N) is 1. The summed E-state index contributed by atoms with van der Waals surface area (Å²) in [6.07, 6.45) is 2.84. The lowest BCUT2D eigenvalue weighted by Crippen LogP contribution is -2.17. The Morgan fingerprint density at radius 2 is 2.00 bits per heavy atom. The highest BCUT2D eigenvalue weighted by atomic mass is 32.1. The number of rotatable bonds is 5. The standard InChI is InChI=1S/C18H21N5OS/c1-12-11-25-18(21-16-6-4-14(5-7-16)17(19)24)23(12)9-8-15-10-20-22(3)13(15)2/h4-7,10-11H,8-9H2,1-3H3,(H2,19,24). The SMILES string of the molecule is Cc1c(CCn2c(C)csc2=Nc2ccc(C(N)=O)cc2)cnn1C. The molecule has 25 heavy (non-hydrogen) atoms. The number of nitrogens with zero attached hydrogens (tertiary/aromatic N) is 4. The van der Waals surface area contributed by atoms with E-state index in [1.807, 2.05) is 30.1 Å². The molecule has 0 bridgehead atoms. The molecule has 0 atom stereocenters. The van der Waals surface area contributed by atoms with Gasteiger partial charge in [0, 0.05) is 35.9 Å². The topological polar surface area (TPSA) is 78.2 Å². The quantitative estimate of drug-likeness (QED) is 0.763. The Kier molecular flexibility index (Phi) is 4.85. The third kappa shape index (κ3) is 3.71. The van der Waals surface area contributed by atoms with Crippen molar-refractivity contribution in [2.75, 3.05) is 0 Å². The largest absolute Gasteiger partial charge is 0.366 e. The van der Waals surface area contributed by atoms with Crippen LogP contribution in [0.3, 0.4) is 0 Å². The number of carbonyl (C=O) groups excluding carboxylic acids is 1. The zero-order valence-electron chi connectivity index (χ0n) is 14.6. The van der Waals surface area contributed by atoms with E-state index in [1.54, 1.807) is 23.5 Å². The van der Waals surface area contributed by atoms with Crippen LogP contribution >= 0.6 is 11.3 Å². The molecule has 7 heteroatoms. The second-order valence-electron chi connectivity index (χ2n) is 5.96. The van der Waals surface area contributed by atoms with Crippen molar-refractivity contribution in [1.82, 2.24) is 14.3 Å². The minimum atomic E-state index is -0.430.